The Hall–Kier alpha value is -3.49. The van der Waals surface area contributed by atoms with Crippen molar-refractivity contribution in [3.8, 4) is 11.3 Å². The number of aryl methyl sites for hydroxylation is 3. The van der Waals surface area contributed by atoms with Gasteiger partial charge in [-0.3, -0.25) is 14.8 Å². The molecular weight excluding hydrogens is 454 g/mol. The zero-order valence-corrected chi connectivity index (χ0v) is 19.5. The van der Waals surface area contributed by atoms with Gasteiger partial charge in [-0.25, -0.2) is 13.4 Å². The zero-order valence-electron chi connectivity index (χ0n) is 17.8. The first-order chi connectivity index (χ1) is 15.9. The third-order valence-corrected chi connectivity index (χ3v) is 7.97. The van der Waals surface area contributed by atoms with Crippen molar-refractivity contribution in [1.82, 2.24) is 4.98 Å². The fourth-order valence-corrected chi connectivity index (χ4v) is 5.82. The summed E-state index contributed by atoms with van der Waals surface area (Å²) in [5, 5.41) is 3.44. The number of thiazole rings is 1. The average molecular weight is 476 g/mol. The Balaban J connectivity index is 1.29. The molecule has 0 bridgehead atoms. The summed E-state index contributed by atoms with van der Waals surface area (Å²) < 4.78 is 27.7. The number of nitrogens with zero attached hydrogens (tertiary/aromatic N) is 1. The van der Waals surface area contributed by atoms with Crippen molar-refractivity contribution in [2.75, 3.05) is 10.0 Å². The number of fused-ring (bicyclic) bond motifs is 3. The summed E-state index contributed by atoms with van der Waals surface area (Å²) in [5.41, 5.74) is 5.13. The predicted molar refractivity (Wildman–Crippen MR) is 131 cm³/mol. The molecular formula is C25H21N3O3S2. The van der Waals surface area contributed by atoms with Crippen LogP contribution in [0.5, 0.6) is 0 Å². The maximum absolute atomic E-state index is 12.7. The highest BCUT2D eigenvalue weighted by atomic mass is 32.2. The number of rotatable bonds is 5. The molecule has 4 aromatic rings. The lowest BCUT2D eigenvalue weighted by Gasteiger charge is -2.13. The number of amides is 1. The van der Waals surface area contributed by atoms with E-state index in [1.807, 2.05) is 19.1 Å². The smallest absolute Gasteiger partial charge is 0.261 e. The molecule has 0 aliphatic heterocycles. The van der Waals surface area contributed by atoms with Gasteiger partial charge in [0.2, 0.25) is 0 Å². The fourth-order valence-electron chi connectivity index (χ4n) is 3.79. The van der Waals surface area contributed by atoms with Gasteiger partial charge in [0.05, 0.1) is 10.6 Å². The summed E-state index contributed by atoms with van der Waals surface area (Å²) in [5.74, 6) is -0.290. The Morgan fingerprint density at radius 1 is 0.939 bits per heavy atom. The van der Waals surface area contributed by atoms with E-state index in [2.05, 4.69) is 27.2 Å². The van der Waals surface area contributed by atoms with Gasteiger partial charge in [0, 0.05) is 21.7 Å². The van der Waals surface area contributed by atoms with E-state index < -0.39 is 10.0 Å². The van der Waals surface area contributed by atoms with Crippen LogP contribution in [0.1, 0.15) is 26.4 Å². The molecule has 1 aromatic heterocycles. The summed E-state index contributed by atoms with van der Waals surface area (Å²) in [6, 6.07) is 21.2. The van der Waals surface area contributed by atoms with Crippen LogP contribution in [0.25, 0.3) is 11.3 Å². The SMILES string of the molecule is Cc1ccc(S(=O)(=O)Nc2ccc(C(=O)Nc3nc4c(s3)CCc3ccccc3-4)cc2)cc1. The van der Waals surface area contributed by atoms with Crippen LogP contribution >= 0.6 is 11.3 Å². The Morgan fingerprint density at radius 2 is 1.67 bits per heavy atom. The van der Waals surface area contributed by atoms with E-state index in [9.17, 15) is 13.2 Å². The topological polar surface area (TPSA) is 88.2 Å². The van der Waals surface area contributed by atoms with E-state index in [1.54, 1.807) is 48.5 Å². The van der Waals surface area contributed by atoms with Gasteiger partial charge >= 0.3 is 0 Å². The quantitative estimate of drug-likeness (QED) is 0.412. The molecule has 0 radical (unpaired) electrons. The van der Waals surface area contributed by atoms with Crippen LogP contribution < -0.4 is 10.0 Å². The van der Waals surface area contributed by atoms with Crippen LogP contribution in [0.3, 0.4) is 0 Å². The molecule has 0 fully saturated rings. The molecule has 5 rings (SSSR count). The fraction of sp³-hybridized carbons (Fsp3) is 0.120. The number of nitrogens with one attached hydrogen (secondary N) is 2. The van der Waals surface area contributed by atoms with Crippen molar-refractivity contribution in [3.05, 3.63) is 94.4 Å². The van der Waals surface area contributed by atoms with Gasteiger partial charge in [-0.1, -0.05) is 42.0 Å². The molecule has 0 saturated heterocycles. The molecule has 0 spiro atoms. The number of anilines is 2. The Labute approximate surface area is 196 Å². The minimum absolute atomic E-state index is 0.184. The van der Waals surface area contributed by atoms with Crippen LogP contribution in [-0.4, -0.2) is 19.3 Å². The first kappa shape index (κ1) is 21.4. The standard InChI is InChI=1S/C25H21N3O3S2/c1-16-6-13-20(14-7-16)33(30,31)28-19-11-8-18(9-12-19)24(29)27-25-26-23-21-5-3-2-4-17(21)10-15-22(23)32-25/h2-9,11-14,28H,10,15H2,1H3,(H,26,27,29). The number of sulfonamides is 1. The first-order valence-corrected chi connectivity index (χ1v) is 12.8. The third kappa shape index (κ3) is 4.40. The highest BCUT2D eigenvalue weighted by Crippen LogP contribution is 2.38. The Bertz CT molecular complexity index is 1440. The van der Waals surface area contributed by atoms with E-state index in [0.29, 0.717) is 16.4 Å². The van der Waals surface area contributed by atoms with E-state index in [-0.39, 0.29) is 10.8 Å². The Morgan fingerprint density at radius 3 is 2.42 bits per heavy atom. The summed E-state index contributed by atoms with van der Waals surface area (Å²) >= 11 is 1.50. The lowest BCUT2D eigenvalue weighted by Crippen LogP contribution is -2.14. The number of carbonyl (C=O) groups excluding carboxylic acids is 1. The highest BCUT2D eigenvalue weighted by molar-refractivity contribution is 7.92. The molecule has 8 heteroatoms. The third-order valence-electron chi connectivity index (χ3n) is 5.54. The number of benzene rings is 3. The number of carbonyl (C=O) groups is 1. The summed E-state index contributed by atoms with van der Waals surface area (Å²) in [6.07, 6.45) is 1.88. The van der Waals surface area contributed by atoms with Gasteiger partial charge in [-0.15, -0.1) is 11.3 Å². The number of hydrogen-bond donors (Lipinski definition) is 2. The van der Waals surface area contributed by atoms with Crippen molar-refractivity contribution >= 4 is 38.1 Å². The van der Waals surface area contributed by atoms with Crippen molar-refractivity contribution in [2.45, 2.75) is 24.7 Å². The monoisotopic (exact) mass is 475 g/mol. The van der Waals surface area contributed by atoms with E-state index in [1.165, 1.54) is 21.8 Å². The summed E-state index contributed by atoms with van der Waals surface area (Å²) in [4.78, 5) is 18.8. The lowest BCUT2D eigenvalue weighted by atomic mass is 9.94. The van der Waals surface area contributed by atoms with E-state index in [4.69, 9.17) is 0 Å². The van der Waals surface area contributed by atoms with Crippen LogP contribution in [0.2, 0.25) is 0 Å². The number of hydrogen-bond acceptors (Lipinski definition) is 5. The molecule has 1 heterocycles. The molecule has 166 valence electrons. The second-order valence-corrected chi connectivity index (χ2v) is 10.7. The van der Waals surface area contributed by atoms with Gasteiger partial charge < -0.3 is 0 Å². The summed E-state index contributed by atoms with van der Waals surface area (Å²) in [6.45, 7) is 1.90. The molecule has 1 amide bonds. The largest absolute Gasteiger partial charge is 0.298 e. The average Bonchev–Trinajstić information content (AvgIpc) is 3.22. The maximum Gasteiger partial charge on any atom is 0.261 e. The van der Waals surface area contributed by atoms with Gasteiger partial charge in [0.25, 0.3) is 15.9 Å². The molecule has 6 nitrogen and oxygen atoms in total. The normalized spacial score (nSPS) is 12.5. The van der Waals surface area contributed by atoms with Gasteiger partial charge in [0.15, 0.2) is 5.13 Å². The molecule has 33 heavy (non-hydrogen) atoms. The predicted octanol–water partition coefficient (Wildman–Crippen LogP) is 5.27. The molecule has 1 aliphatic carbocycles. The van der Waals surface area contributed by atoms with Crippen molar-refractivity contribution in [2.24, 2.45) is 0 Å². The zero-order chi connectivity index (χ0) is 23.0. The van der Waals surface area contributed by atoms with Gasteiger partial charge in [-0.05, 0) is 61.7 Å². The van der Waals surface area contributed by atoms with Gasteiger partial charge in [-0.2, -0.15) is 0 Å². The molecule has 0 atom stereocenters. The molecule has 3 aromatic carbocycles. The first-order valence-electron chi connectivity index (χ1n) is 10.5. The second-order valence-electron chi connectivity index (χ2n) is 7.90. The molecule has 0 unspecified atom stereocenters. The van der Waals surface area contributed by atoms with Crippen LogP contribution in [0.4, 0.5) is 10.8 Å². The minimum Gasteiger partial charge on any atom is -0.298 e. The molecule has 2 N–H and O–H groups in total. The van der Waals surface area contributed by atoms with E-state index in [0.717, 1.165) is 29.7 Å². The van der Waals surface area contributed by atoms with Gasteiger partial charge in [0.1, 0.15) is 0 Å². The van der Waals surface area contributed by atoms with Crippen molar-refractivity contribution < 1.29 is 13.2 Å². The lowest BCUT2D eigenvalue weighted by molar-refractivity contribution is 0.102. The van der Waals surface area contributed by atoms with Crippen LogP contribution in [0, 0.1) is 6.92 Å². The molecule has 1 aliphatic rings. The maximum atomic E-state index is 12.7. The van der Waals surface area contributed by atoms with Crippen molar-refractivity contribution in [3.63, 3.8) is 0 Å². The number of aromatic nitrogens is 1. The minimum atomic E-state index is -3.70. The Kier molecular flexibility index (Phi) is 5.47. The van der Waals surface area contributed by atoms with Crippen LogP contribution in [-0.2, 0) is 22.9 Å². The second kappa shape index (κ2) is 8.46. The van der Waals surface area contributed by atoms with Crippen LogP contribution in [0.15, 0.2) is 77.7 Å². The summed E-state index contributed by atoms with van der Waals surface area (Å²) in [7, 11) is -3.70. The van der Waals surface area contributed by atoms with Crippen molar-refractivity contribution in [1.29, 1.82) is 0 Å². The molecule has 0 saturated carbocycles. The van der Waals surface area contributed by atoms with E-state index >= 15 is 0 Å². The highest BCUT2D eigenvalue weighted by Gasteiger charge is 2.21.